The number of rotatable bonds is 7. The maximum absolute atomic E-state index is 14.6. The quantitative estimate of drug-likeness (QED) is 0.740. The number of carbonyl (C=O) groups is 1. The van der Waals surface area contributed by atoms with E-state index in [2.05, 4.69) is 9.46 Å². The van der Waals surface area contributed by atoms with Crippen LogP contribution in [0.5, 0.6) is 0 Å². The van der Waals surface area contributed by atoms with E-state index in [0.29, 0.717) is 0 Å². The molecule has 0 bridgehead atoms. The first-order valence-corrected chi connectivity index (χ1v) is 8.95. The van der Waals surface area contributed by atoms with Crippen LogP contribution in [0.15, 0.2) is 53.4 Å². The van der Waals surface area contributed by atoms with Gasteiger partial charge < -0.3 is 4.74 Å². The van der Waals surface area contributed by atoms with Crippen LogP contribution in [0.4, 0.5) is 13.2 Å². The van der Waals surface area contributed by atoms with Gasteiger partial charge in [0.2, 0.25) is 0 Å². The molecule has 0 aliphatic heterocycles. The molecule has 0 aliphatic carbocycles. The summed E-state index contributed by atoms with van der Waals surface area (Å²) in [5.74, 6) is -6.37. The molecule has 26 heavy (non-hydrogen) atoms. The number of carbonyl (C=O) groups excluding carboxylic acids is 1. The molecular formula is C18H18F3NO3S. The number of esters is 1. The van der Waals surface area contributed by atoms with E-state index in [-0.39, 0.29) is 17.1 Å². The highest BCUT2D eigenvalue weighted by Crippen LogP contribution is 2.33. The van der Waals surface area contributed by atoms with E-state index < -0.39 is 34.7 Å². The Morgan fingerprint density at radius 2 is 1.73 bits per heavy atom. The number of aryl methyl sites for hydroxylation is 1. The largest absolute Gasteiger partial charge is 0.462 e. The van der Waals surface area contributed by atoms with E-state index >= 15 is 0 Å². The predicted molar refractivity (Wildman–Crippen MR) is 91.4 cm³/mol. The molecular weight excluding hydrogens is 367 g/mol. The summed E-state index contributed by atoms with van der Waals surface area (Å²) >= 11 is 0. The fraction of sp³-hybridized carbons (Fsp3) is 0.278. The fourth-order valence-electron chi connectivity index (χ4n) is 2.19. The van der Waals surface area contributed by atoms with Crippen molar-refractivity contribution >= 4 is 17.0 Å². The van der Waals surface area contributed by atoms with Gasteiger partial charge in [-0.1, -0.05) is 29.8 Å². The van der Waals surface area contributed by atoms with Gasteiger partial charge in [-0.2, -0.15) is 8.78 Å². The first-order chi connectivity index (χ1) is 12.3. The Morgan fingerprint density at radius 3 is 2.27 bits per heavy atom. The highest BCUT2D eigenvalue weighted by molar-refractivity contribution is 7.83. The first-order valence-electron chi connectivity index (χ1n) is 7.80. The summed E-state index contributed by atoms with van der Waals surface area (Å²) in [6.45, 7) is 3.00. The van der Waals surface area contributed by atoms with Crippen molar-refractivity contribution in [3.63, 3.8) is 0 Å². The van der Waals surface area contributed by atoms with Crippen LogP contribution in [0.25, 0.3) is 0 Å². The summed E-state index contributed by atoms with van der Waals surface area (Å²) < 4.78 is 61.6. The third-order valence-corrected chi connectivity index (χ3v) is 4.72. The average Bonchev–Trinajstić information content (AvgIpc) is 2.61. The van der Waals surface area contributed by atoms with Crippen molar-refractivity contribution in [1.82, 2.24) is 4.72 Å². The summed E-state index contributed by atoms with van der Waals surface area (Å²) in [5.41, 5.74) is 0.822. The van der Waals surface area contributed by atoms with Crippen molar-refractivity contribution in [1.29, 1.82) is 0 Å². The van der Waals surface area contributed by atoms with E-state index in [9.17, 15) is 22.2 Å². The van der Waals surface area contributed by atoms with Gasteiger partial charge in [-0.25, -0.2) is 18.1 Å². The second kappa shape index (κ2) is 8.46. The van der Waals surface area contributed by atoms with Gasteiger partial charge in [0.05, 0.1) is 11.5 Å². The van der Waals surface area contributed by atoms with Crippen molar-refractivity contribution in [3.8, 4) is 0 Å². The number of benzene rings is 2. The van der Waals surface area contributed by atoms with Crippen molar-refractivity contribution in [2.75, 3.05) is 6.61 Å². The van der Waals surface area contributed by atoms with E-state index in [4.69, 9.17) is 0 Å². The van der Waals surface area contributed by atoms with Crippen LogP contribution in [0.3, 0.4) is 0 Å². The van der Waals surface area contributed by atoms with Gasteiger partial charge >= 0.3 is 11.9 Å². The van der Waals surface area contributed by atoms with Crippen LogP contribution >= 0.6 is 0 Å². The predicted octanol–water partition coefficient (Wildman–Crippen LogP) is 3.69. The lowest BCUT2D eigenvalue weighted by molar-refractivity contribution is -0.175. The van der Waals surface area contributed by atoms with Crippen molar-refractivity contribution in [3.05, 3.63) is 65.5 Å². The van der Waals surface area contributed by atoms with Gasteiger partial charge in [0.15, 0.2) is 0 Å². The Labute approximate surface area is 152 Å². The van der Waals surface area contributed by atoms with Gasteiger partial charge in [0, 0.05) is 0 Å². The van der Waals surface area contributed by atoms with Gasteiger partial charge in [-0.05, 0) is 43.7 Å². The monoisotopic (exact) mass is 385 g/mol. The average molecular weight is 385 g/mol. The summed E-state index contributed by atoms with van der Waals surface area (Å²) in [6.07, 6.45) is 0. The molecule has 0 saturated heterocycles. The second-order valence-electron chi connectivity index (χ2n) is 5.53. The van der Waals surface area contributed by atoms with Gasteiger partial charge in [-0.3, -0.25) is 0 Å². The molecule has 8 heteroatoms. The number of halogens is 3. The molecule has 0 aromatic heterocycles. The van der Waals surface area contributed by atoms with E-state index in [0.717, 1.165) is 29.8 Å². The van der Waals surface area contributed by atoms with Crippen molar-refractivity contribution in [2.24, 2.45) is 0 Å². The maximum Gasteiger partial charge on any atom is 0.379 e. The van der Waals surface area contributed by atoms with Gasteiger partial charge in [-0.15, -0.1) is 0 Å². The Hall–Kier alpha value is -2.19. The molecule has 0 heterocycles. The molecule has 0 spiro atoms. The third-order valence-electron chi connectivity index (χ3n) is 3.57. The zero-order valence-corrected chi connectivity index (χ0v) is 15.0. The highest BCUT2D eigenvalue weighted by Gasteiger charge is 2.50. The van der Waals surface area contributed by atoms with Crippen LogP contribution in [-0.2, 0) is 20.5 Å². The van der Waals surface area contributed by atoms with Crippen molar-refractivity contribution < 1.29 is 26.9 Å². The number of hydrogen-bond donors (Lipinski definition) is 1. The molecule has 4 nitrogen and oxygen atoms in total. The van der Waals surface area contributed by atoms with E-state index in [1.165, 1.54) is 19.1 Å². The lowest BCUT2D eigenvalue weighted by atomic mass is 10.0. The normalized spacial score (nSPS) is 13.9. The molecule has 2 rings (SSSR count). The molecule has 0 amide bonds. The summed E-state index contributed by atoms with van der Waals surface area (Å²) in [4.78, 5) is 12.0. The molecule has 140 valence electrons. The zero-order valence-electron chi connectivity index (χ0n) is 14.2. The lowest BCUT2D eigenvalue weighted by Crippen LogP contribution is -2.45. The molecule has 1 N–H and O–H groups in total. The third kappa shape index (κ3) is 4.70. The zero-order chi connectivity index (χ0) is 19.3. The minimum absolute atomic E-state index is 0.0927. The van der Waals surface area contributed by atoms with Gasteiger partial charge in [0.25, 0.3) is 0 Å². The number of ether oxygens (including phenoxy) is 1. The van der Waals surface area contributed by atoms with E-state index in [1.54, 1.807) is 12.1 Å². The van der Waals surface area contributed by atoms with Crippen LogP contribution in [0, 0.1) is 12.7 Å². The van der Waals surface area contributed by atoms with Crippen LogP contribution in [0.2, 0.25) is 0 Å². The summed E-state index contributed by atoms with van der Waals surface area (Å²) in [6, 6.07) is 8.66. The Bertz CT molecular complexity index is 779. The minimum atomic E-state index is -4.01. The molecule has 2 atom stereocenters. The molecule has 1 unspecified atom stereocenters. The molecule has 0 fully saturated rings. The minimum Gasteiger partial charge on any atom is -0.462 e. The molecule has 0 radical (unpaired) electrons. The van der Waals surface area contributed by atoms with Crippen LogP contribution < -0.4 is 4.72 Å². The molecule has 2 aromatic rings. The molecule has 2 aromatic carbocycles. The number of nitrogens with one attached hydrogen (secondary N) is 1. The van der Waals surface area contributed by atoms with Crippen molar-refractivity contribution in [2.45, 2.75) is 30.7 Å². The Kier molecular flexibility index (Phi) is 6.55. The maximum atomic E-state index is 14.6. The Balaban J connectivity index is 2.36. The molecule has 0 aliphatic rings. The van der Waals surface area contributed by atoms with Crippen LogP contribution in [-0.4, -0.2) is 22.7 Å². The SMILES string of the molecule is CCOC(=O)C(F)(F)[C@@H](NS(=O)c1ccc(C)cc1)c1ccc(F)cc1. The fourth-order valence-corrected chi connectivity index (χ4v) is 3.21. The second-order valence-corrected chi connectivity index (χ2v) is 6.77. The number of alkyl halides is 2. The molecule has 0 saturated carbocycles. The lowest BCUT2D eigenvalue weighted by Gasteiger charge is -2.26. The summed E-state index contributed by atoms with van der Waals surface area (Å²) in [5, 5.41) is 0. The smallest absolute Gasteiger partial charge is 0.379 e. The van der Waals surface area contributed by atoms with Gasteiger partial charge in [0.1, 0.15) is 22.8 Å². The van der Waals surface area contributed by atoms with E-state index in [1.807, 2.05) is 6.92 Å². The topological polar surface area (TPSA) is 55.4 Å². The standard InChI is InChI=1S/C18H18F3NO3S/c1-3-25-17(23)18(20,21)16(13-6-8-14(19)9-7-13)22-26(24)15-10-4-12(2)5-11-15/h4-11,16,22H,3H2,1-2H3/t16-,26?/m0/s1. The summed E-state index contributed by atoms with van der Waals surface area (Å²) in [7, 11) is -2.03. The first kappa shape index (κ1) is 20.1. The highest BCUT2D eigenvalue weighted by atomic mass is 32.2. The van der Waals surface area contributed by atoms with Crippen LogP contribution in [0.1, 0.15) is 24.1 Å². The Morgan fingerprint density at radius 1 is 1.15 bits per heavy atom. The number of hydrogen-bond acceptors (Lipinski definition) is 3.